The number of carbonyl (C=O) groups excluding carboxylic acids is 1. The molecule has 0 unspecified atom stereocenters. The van der Waals surface area contributed by atoms with Crippen LogP contribution in [0.4, 0.5) is 24.5 Å². The molecule has 1 aliphatic heterocycles. The van der Waals surface area contributed by atoms with Gasteiger partial charge in [-0.15, -0.1) is 0 Å². The molecule has 1 saturated heterocycles. The molecule has 0 aliphatic carbocycles. The van der Waals surface area contributed by atoms with Crippen LogP contribution in [0.15, 0.2) is 30.3 Å². The van der Waals surface area contributed by atoms with Crippen molar-refractivity contribution in [3.05, 3.63) is 58.9 Å². The number of nitrogens with two attached hydrogens (primary N) is 1. The van der Waals surface area contributed by atoms with Crippen LogP contribution < -0.4 is 11.1 Å². The monoisotopic (exact) mass is 379 g/mol. The summed E-state index contributed by atoms with van der Waals surface area (Å²) in [6.07, 6.45) is 0. The van der Waals surface area contributed by atoms with Gasteiger partial charge >= 0.3 is 0 Å². The van der Waals surface area contributed by atoms with Crippen LogP contribution in [0.25, 0.3) is 0 Å². The van der Waals surface area contributed by atoms with Crippen molar-refractivity contribution in [1.82, 2.24) is 4.90 Å². The SMILES string of the molecule is Cc1ccc(Nc2c(C(=O)N3CC(O)([C@@H](C)N)C3)ccc(F)c2F)c(F)c1. The van der Waals surface area contributed by atoms with E-state index in [1.165, 1.54) is 17.0 Å². The minimum atomic E-state index is -1.29. The van der Waals surface area contributed by atoms with E-state index in [2.05, 4.69) is 5.32 Å². The second-order valence-corrected chi connectivity index (χ2v) is 6.95. The second-order valence-electron chi connectivity index (χ2n) is 6.95. The molecule has 1 fully saturated rings. The molecule has 27 heavy (non-hydrogen) atoms. The Balaban J connectivity index is 1.93. The third-order valence-electron chi connectivity index (χ3n) is 4.77. The summed E-state index contributed by atoms with van der Waals surface area (Å²) in [5.74, 6) is -3.73. The first-order valence-corrected chi connectivity index (χ1v) is 8.41. The maximum Gasteiger partial charge on any atom is 0.256 e. The van der Waals surface area contributed by atoms with E-state index < -0.39 is 40.7 Å². The van der Waals surface area contributed by atoms with Crippen LogP contribution in [0.3, 0.4) is 0 Å². The number of anilines is 2. The van der Waals surface area contributed by atoms with Crippen molar-refractivity contribution in [3.8, 4) is 0 Å². The van der Waals surface area contributed by atoms with E-state index in [0.717, 1.165) is 12.1 Å². The number of hydrogen-bond acceptors (Lipinski definition) is 4. The molecule has 0 aromatic heterocycles. The Morgan fingerprint density at radius 3 is 2.48 bits per heavy atom. The standard InChI is InChI=1S/C19H20F3N3O2/c1-10-3-6-15(14(21)7-10)24-17-12(4-5-13(20)16(17)22)18(26)25-8-19(27,9-25)11(2)23/h3-7,11,24,27H,8-9,23H2,1-2H3/t11-/m1/s1. The molecule has 2 aromatic carbocycles. The topological polar surface area (TPSA) is 78.6 Å². The Morgan fingerprint density at radius 2 is 1.89 bits per heavy atom. The molecule has 2 aromatic rings. The Labute approximate surface area is 154 Å². The summed E-state index contributed by atoms with van der Waals surface area (Å²) in [7, 11) is 0. The van der Waals surface area contributed by atoms with Crippen molar-refractivity contribution in [2.75, 3.05) is 18.4 Å². The zero-order valence-electron chi connectivity index (χ0n) is 14.9. The summed E-state index contributed by atoms with van der Waals surface area (Å²) in [6.45, 7) is 3.25. The van der Waals surface area contributed by atoms with Gasteiger partial charge in [-0.2, -0.15) is 0 Å². The molecule has 1 atom stereocenters. The average Bonchev–Trinajstić information content (AvgIpc) is 2.57. The van der Waals surface area contributed by atoms with Gasteiger partial charge in [-0.1, -0.05) is 6.07 Å². The molecule has 0 bridgehead atoms. The first-order valence-electron chi connectivity index (χ1n) is 8.41. The fourth-order valence-corrected chi connectivity index (χ4v) is 2.92. The minimum Gasteiger partial charge on any atom is -0.385 e. The smallest absolute Gasteiger partial charge is 0.256 e. The molecule has 0 spiro atoms. The fraction of sp³-hybridized carbons (Fsp3) is 0.316. The highest BCUT2D eigenvalue weighted by atomic mass is 19.2. The summed E-state index contributed by atoms with van der Waals surface area (Å²) in [5, 5.41) is 12.7. The van der Waals surface area contributed by atoms with Gasteiger partial charge < -0.3 is 21.1 Å². The lowest BCUT2D eigenvalue weighted by molar-refractivity contribution is -0.0931. The molecule has 0 saturated carbocycles. The Morgan fingerprint density at radius 1 is 1.22 bits per heavy atom. The predicted octanol–water partition coefficient (Wildman–Crippen LogP) is 2.69. The number of aryl methyl sites for hydroxylation is 1. The zero-order chi connectivity index (χ0) is 19.9. The average molecular weight is 379 g/mol. The molecule has 144 valence electrons. The van der Waals surface area contributed by atoms with Crippen molar-refractivity contribution >= 4 is 17.3 Å². The second kappa shape index (κ2) is 6.86. The van der Waals surface area contributed by atoms with Gasteiger partial charge in [0.05, 0.1) is 30.0 Å². The normalized spacial score (nSPS) is 16.6. The third kappa shape index (κ3) is 3.50. The number of β-amino-alcohol motifs (C(OH)–C–C–N with tert-alkyl or cyclic N) is 1. The quantitative estimate of drug-likeness (QED) is 0.763. The van der Waals surface area contributed by atoms with Gasteiger partial charge in [0.25, 0.3) is 5.91 Å². The number of rotatable bonds is 4. The summed E-state index contributed by atoms with van der Waals surface area (Å²) >= 11 is 0. The molecule has 1 amide bonds. The Bertz CT molecular complexity index is 896. The number of hydrogen-bond donors (Lipinski definition) is 3. The largest absolute Gasteiger partial charge is 0.385 e. The van der Waals surface area contributed by atoms with Crippen molar-refractivity contribution in [2.24, 2.45) is 5.73 Å². The number of carbonyl (C=O) groups is 1. The summed E-state index contributed by atoms with van der Waals surface area (Å²) in [5.41, 5.74) is 4.41. The van der Waals surface area contributed by atoms with Crippen LogP contribution in [-0.4, -0.2) is 40.6 Å². The highest BCUT2D eigenvalue weighted by Crippen LogP contribution is 2.32. The molecule has 3 rings (SSSR count). The maximum absolute atomic E-state index is 14.4. The molecule has 0 radical (unpaired) electrons. The zero-order valence-corrected chi connectivity index (χ0v) is 14.9. The van der Waals surface area contributed by atoms with Gasteiger partial charge in [0, 0.05) is 6.04 Å². The van der Waals surface area contributed by atoms with E-state index in [4.69, 9.17) is 5.73 Å². The fourth-order valence-electron chi connectivity index (χ4n) is 2.92. The van der Waals surface area contributed by atoms with Crippen molar-refractivity contribution in [3.63, 3.8) is 0 Å². The number of aliphatic hydroxyl groups is 1. The first-order chi connectivity index (χ1) is 12.6. The van der Waals surface area contributed by atoms with Gasteiger partial charge in [0.15, 0.2) is 11.6 Å². The minimum absolute atomic E-state index is 0.0270. The van der Waals surface area contributed by atoms with Crippen molar-refractivity contribution in [1.29, 1.82) is 0 Å². The molecule has 5 nitrogen and oxygen atoms in total. The van der Waals surface area contributed by atoms with E-state index >= 15 is 0 Å². The van der Waals surface area contributed by atoms with Gasteiger partial charge in [0.1, 0.15) is 11.4 Å². The number of benzene rings is 2. The lowest BCUT2D eigenvalue weighted by Crippen LogP contribution is -2.70. The van der Waals surface area contributed by atoms with E-state index in [1.54, 1.807) is 19.9 Å². The number of nitrogens with zero attached hydrogens (tertiary/aromatic N) is 1. The van der Waals surface area contributed by atoms with Crippen LogP contribution in [0.2, 0.25) is 0 Å². The highest BCUT2D eigenvalue weighted by molar-refractivity contribution is 6.01. The van der Waals surface area contributed by atoms with E-state index in [-0.39, 0.29) is 24.3 Å². The van der Waals surface area contributed by atoms with Crippen LogP contribution in [0.1, 0.15) is 22.8 Å². The lowest BCUT2D eigenvalue weighted by atomic mass is 9.87. The Hall–Kier alpha value is -2.58. The molecular weight excluding hydrogens is 359 g/mol. The van der Waals surface area contributed by atoms with Crippen LogP contribution >= 0.6 is 0 Å². The molecular formula is C19H20F3N3O2. The number of nitrogens with one attached hydrogen (secondary N) is 1. The summed E-state index contributed by atoms with van der Waals surface area (Å²) in [4.78, 5) is 14.0. The summed E-state index contributed by atoms with van der Waals surface area (Å²) in [6, 6.07) is 5.61. The number of amides is 1. The predicted molar refractivity (Wildman–Crippen MR) is 95.3 cm³/mol. The van der Waals surface area contributed by atoms with Gasteiger partial charge in [0.2, 0.25) is 0 Å². The number of halogens is 3. The molecule has 1 aliphatic rings. The van der Waals surface area contributed by atoms with Crippen molar-refractivity contribution < 1.29 is 23.1 Å². The van der Waals surface area contributed by atoms with E-state index in [1.807, 2.05) is 0 Å². The van der Waals surface area contributed by atoms with Crippen LogP contribution in [0, 0.1) is 24.4 Å². The highest BCUT2D eigenvalue weighted by Gasteiger charge is 2.47. The number of likely N-dealkylation sites (tertiary alicyclic amines) is 1. The van der Waals surface area contributed by atoms with Gasteiger partial charge in [-0.25, -0.2) is 13.2 Å². The molecule has 4 N–H and O–H groups in total. The molecule has 8 heteroatoms. The van der Waals surface area contributed by atoms with Crippen molar-refractivity contribution in [2.45, 2.75) is 25.5 Å². The van der Waals surface area contributed by atoms with Crippen LogP contribution in [-0.2, 0) is 0 Å². The lowest BCUT2D eigenvalue weighted by Gasteiger charge is -2.48. The third-order valence-corrected chi connectivity index (χ3v) is 4.77. The first kappa shape index (κ1) is 19.2. The maximum atomic E-state index is 14.4. The van der Waals surface area contributed by atoms with Crippen LogP contribution in [0.5, 0.6) is 0 Å². The van der Waals surface area contributed by atoms with E-state index in [0.29, 0.717) is 5.56 Å². The Kier molecular flexibility index (Phi) is 4.88. The summed E-state index contributed by atoms with van der Waals surface area (Å²) < 4.78 is 42.2. The van der Waals surface area contributed by atoms with Gasteiger partial charge in [-0.3, -0.25) is 4.79 Å². The van der Waals surface area contributed by atoms with E-state index in [9.17, 15) is 23.1 Å². The molecule has 1 heterocycles. The van der Waals surface area contributed by atoms with Gasteiger partial charge in [-0.05, 0) is 43.7 Å².